The zero-order valence-corrected chi connectivity index (χ0v) is 49.9. The van der Waals surface area contributed by atoms with Crippen LogP contribution in [0.5, 0.6) is 0 Å². The van der Waals surface area contributed by atoms with Crippen LogP contribution in [0.1, 0.15) is 278 Å². The first-order chi connectivity index (χ1) is 38.0. The maximum absolute atomic E-state index is 12.8. The van der Waals surface area contributed by atoms with Crippen LogP contribution in [-0.2, 0) is 28.6 Å². The zero-order chi connectivity index (χ0) is 55.7. The van der Waals surface area contributed by atoms with Gasteiger partial charge >= 0.3 is 17.9 Å². The number of rotatable bonds is 56. The number of esters is 3. The van der Waals surface area contributed by atoms with Crippen molar-refractivity contribution in [2.24, 2.45) is 0 Å². The summed E-state index contributed by atoms with van der Waals surface area (Å²) >= 11 is 0. The van der Waals surface area contributed by atoms with Crippen LogP contribution in [0.25, 0.3) is 0 Å². The SMILES string of the molecule is CC/C=C\C/C=C\C/C=C\C/C=C\C/C=C\C/C=C\C/C=C\CCCCCCCCCCCCCCCC(=O)OCC(COC(=O)CCCCCCCCCCCCC)OC(=O)CC/C=C\C/C=C\C/C=C\C/C=C\CC. The van der Waals surface area contributed by atoms with Crippen molar-refractivity contribution >= 4 is 17.9 Å². The topological polar surface area (TPSA) is 78.9 Å². The van der Waals surface area contributed by atoms with Crippen molar-refractivity contribution in [3.05, 3.63) is 134 Å². The second-order valence-electron chi connectivity index (χ2n) is 20.6. The summed E-state index contributed by atoms with van der Waals surface area (Å²) in [4.78, 5) is 38.1. The average molecular weight is 1070 g/mol. The van der Waals surface area contributed by atoms with E-state index in [1.807, 2.05) is 12.2 Å². The van der Waals surface area contributed by atoms with E-state index in [1.54, 1.807) is 0 Å². The molecule has 0 saturated heterocycles. The minimum atomic E-state index is -0.817. The van der Waals surface area contributed by atoms with Gasteiger partial charge in [-0.15, -0.1) is 0 Å². The average Bonchev–Trinajstić information content (AvgIpc) is 3.43. The van der Waals surface area contributed by atoms with E-state index in [1.165, 1.54) is 122 Å². The quantitative estimate of drug-likeness (QED) is 0.0261. The number of hydrogen-bond donors (Lipinski definition) is 0. The van der Waals surface area contributed by atoms with Crippen LogP contribution < -0.4 is 0 Å². The molecule has 0 radical (unpaired) electrons. The Hall–Kier alpha value is -4.45. The maximum Gasteiger partial charge on any atom is 0.306 e. The van der Waals surface area contributed by atoms with Gasteiger partial charge < -0.3 is 14.2 Å². The molecule has 0 bridgehead atoms. The van der Waals surface area contributed by atoms with Crippen molar-refractivity contribution in [3.63, 3.8) is 0 Å². The van der Waals surface area contributed by atoms with E-state index in [0.29, 0.717) is 19.3 Å². The first-order valence-electron chi connectivity index (χ1n) is 31.7. The third-order valence-electron chi connectivity index (χ3n) is 13.2. The maximum atomic E-state index is 12.8. The summed E-state index contributed by atoms with van der Waals surface area (Å²) < 4.78 is 16.8. The fourth-order valence-corrected chi connectivity index (χ4v) is 8.50. The number of carbonyl (C=O) groups is 3. The molecule has 0 rings (SSSR count). The molecule has 0 heterocycles. The Morgan fingerprint density at radius 3 is 0.844 bits per heavy atom. The summed E-state index contributed by atoms with van der Waals surface area (Å²) in [5, 5.41) is 0. The Morgan fingerprint density at radius 2 is 0.532 bits per heavy atom. The minimum Gasteiger partial charge on any atom is -0.462 e. The van der Waals surface area contributed by atoms with Gasteiger partial charge in [0, 0.05) is 19.3 Å². The van der Waals surface area contributed by atoms with Gasteiger partial charge in [0.1, 0.15) is 13.2 Å². The molecule has 0 amide bonds. The van der Waals surface area contributed by atoms with E-state index < -0.39 is 12.1 Å². The van der Waals surface area contributed by atoms with Crippen molar-refractivity contribution < 1.29 is 28.6 Å². The highest BCUT2D eigenvalue weighted by atomic mass is 16.6. The number of ether oxygens (including phenoxy) is 3. The fraction of sp³-hybridized carbons (Fsp3) is 0.648. The van der Waals surface area contributed by atoms with Crippen molar-refractivity contribution in [2.75, 3.05) is 13.2 Å². The summed E-state index contributed by atoms with van der Waals surface area (Å²) in [6, 6.07) is 0. The largest absolute Gasteiger partial charge is 0.462 e. The lowest BCUT2D eigenvalue weighted by Gasteiger charge is -2.18. The molecule has 0 aliphatic rings. The molecule has 0 aliphatic carbocycles. The van der Waals surface area contributed by atoms with E-state index in [9.17, 15) is 14.4 Å². The molecule has 0 aliphatic heterocycles. The monoisotopic (exact) mass is 1060 g/mol. The summed E-state index contributed by atoms with van der Waals surface area (Å²) in [7, 11) is 0. The van der Waals surface area contributed by atoms with E-state index in [-0.39, 0.29) is 31.6 Å². The van der Waals surface area contributed by atoms with Crippen LogP contribution in [0.4, 0.5) is 0 Å². The van der Waals surface area contributed by atoms with Gasteiger partial charge in [0.25, 0.3) is 0 Å². The fourth-order valence-electron chi connectivity index (χ4n) is 8.50. The number of allylic oxidation sites excluding steroid dienone is 22. The molecular weight excluding hydrogens is 949 g/mol. The molecule has 77 heavy (non-hydrogen) atoms. The van der Waals surface area contributed by atoms with Crippen LogP contribution >= 0.6 is 0 Å². The van der Waals surface area contributed by atoms with E-state index >= 15 is 0 Å². The summed E-state index contributed by atoms with van der Waals surface area (Å²) in [6.07, 6.45) is 90.6. The number of carbonyl (C=O) groups excluding carboxylic acids is 3. The van der Waals surface area contributed by atoms with Gasteiger partial charge in [-0.2, -0.15) is 0 Å². The highest BCUT2D eigenvalue weighted by molar-refractivity contribution is 5.71. The number of hydrogen-bond acceptors (Lipinski definition) is 6. The Labute approximate surface area is 475 Å². The van der Waals surface area contributed by atoms with Gasteiger partial charge in [-0.3, -0.25) is 14.4 Å². The standard InChI is InChI=1S/C71H116O6/c1-4-7-10-13-16-19-22-24-25-26-27-28-29-30-31-32-33-34-35-36-37-38-39-40-41-42-43-44-45-47-49-52-55-58-61-64-70(73)76-67-68(66-75-69(72)63-60-57-54-51-48-21-18-15-12-9-6-3)77-71(74)65-62-59-56-53-50-46-23-20-17-14-11-8-5-2/h7-8,10-11,16-17,19-20,24-25,27-28,30-31,33-34,36-37,46,50,56,59,68H,4-6,9,12-15,18,21-23,26,29,32,35,38-45,47-49,51-55,57-58,60-67H2,1-3H3/b10-7-,11-8-,19-16-,20-17-,25-24-,28-27-,31-30-,34-33-,37-36-,50-46-,59-56-. The highest BCUT2D eigenvalue weighted by Gasteiger charge is 2.19. The molecule has 0 spiro atoms. The number of unbranched alkanes of at least 4 members (excludes halogenated alkanes) is 23. The first-order valence-corrected chi connectivity index (χ1v) is 31.7. The summed E-state index contributed by atoms with van der Waals surface area (Å²) in [6.45, 7) is 6.34. The summed E-state index contributed by atoms with van der Waals surface area (Å²) in [5.41, 5.74) is 0. The zero-order valence-electron chi connectivity index (χ0n) is 49.9. The lowest BCUT2D eigenvalue weighted by molar-refractivity contribution is -0.166. The predicted octanol–water partition coefficient (Wildman–Crippen LogP) is 21.8. The molecule has 0 aromatic rings. The Kier molecular flexibility index (Phi) is 60.4. The van der Waals surface area contributed by atoms with Gasteiger partial charge in [0.05, 0.1) is 0 Å². The van der Waals surface area contributed by atoms with Crippen LogP contribution in [0, 0.1) is 0 Å². The molecule has 6 heteroatoms. The lowest BCUT2D eigenvalue weighted by atomic mass is 10.0. The molecule has 436 valence electrons. The minimum absolute atomic E-state index is 0.106. The second-order valence-corrected chi connectivity index (χ2v) is 20.6. The van der Waals surface area contributed by atoms with E-state index in [0.717, 1.165) is 109 Å². The van der Waals surface area contributed by atoms with Crippen LogP contribution in [0.3, 0.4) is 0 Å². The molecule has 0 fully saturated rings. The van der Waals surface area contributed by atoms with Crippen LogP contribution in [0.2, 0.25) is 0 Å². The van der Waals surface area contributed by atoms with E-state index in [2.05, 4.69) is 142 Å². The van der Waals surface area contributed by atoms with Gasteiger partial charge in [-0.1, -0.05) is 289 Å². The molecule has 6 nitrogen and oxygen atoms in total. The third-order valence-corrected chi connectivity index (χ3v) is 13.2. The van der Waals surface area contributed by atoms with Crippen LogP contribution in [0.15, 0.2) is 134 Å². The Morgan fingerprint density at radius 1 is 0.273 bits per heavy atom. The molecule has 0 saturated carbocycles. The molecule has 1 atom stereocenters. The Bertz CT molecular complexity index is 1650. The van der Waals surface area contributed by atoms with Gasteiger partial charge in [-0.25, -0.2) is 0 Å². The van der Waals surface area contributed by atoms with Crippen molar-refractivity contribution in [1.29, 1.82) is 0 Å². The smallest absolute Gasteiger partial charge is 0.306 e. The lowest BCUT2D eigenvalue weighted by Crippen LogP contribution is -2.30. The van der Waals surface area contributed by atoms with Crippen molar-refractivity contribution in [2.45, 2.75) is 284 Å². The molecule has 0 N–H and O–H groups in total. The van der Waals surface area contributed by atoms with Crippen LogP contribution in [-0.4, -0.2) is 37.2 Å². The molecule has 1 unspecified atom stereocenters. The second kappa shape index (κ2) is 64.1. The molecular formula is C71H116O6. The Balaban J connectivity index is 4.16. The van der Waals surface area contributed by atoms with Crippen molar-refractivity contribution in [1.82, 2.24) is 0 Å². The first kappa shape index (κ1) is 72.5. The molecule has 0 aromatic heterocycles. The van der Waals surface area contributed by atoms with E-state index in [4.69, 9.17) is 14.2 Å². The third kappa shape index (κ3) is 62.3. The van der Waals surface area contributed by atoms with Crippen molar-refractivity contribution in [3.8, 4) is 0 Å². The van der Waals surface area contributed by atoms with Gasteiger partial charge in [0.15, 0.2) is 6.10 Å². The summed E-state index contributed by atoms with van der Waals surface area (Å²) in [5.74, 6) is -0.989. The predicted molar refractivity (Wildman–Crippen MR) is 334 cm³/mol. The van der Waals surface area contributed by atoms with Gasteiger partial charge in [-0.05, 0) is 103 Å². The van der Waals surface area contributed by atoms with Gasteiger partial charge in [0.2, 0.25) is 0 Å². The highest BCUT2D eigenvalue weighted by Crippen LogP contribution is 2.16. The molecule has 0 aromatic carbocycles. The normalized spacial score (nSPS) is 13.0.